The Morgan fingerprint density at radius 3 is 2.38 bits per heavy atom. The molecule has 2 aliphatic rings. The van der Waals surface area contributed by atoms with Crippen LogP contribution in [-0.2, 0) is 14.4 Å². The summed E-state index contributed by atoms with van der Waals surface area (Å²) in [7, 11) is -5.52. The van der Waals surface area contributed by atoms with Crippen molar-refractivity contribution in [3.63, 3.8) is 0 Å². The molecule has 0 aromatic heterocycles. The molecule has 2 atom stereocenters. The van der Waals surface area contributed by atoms with Crippen molar-refractivity contribution in [3.8, 4) is 0 Å². The average molecular weight is 394 g/mol. The maximum absolute atomic E-state index is 13.2. The molecule has 0 radical (unpaired) electrons. The molecule has 0 unspecified atom stereocenters. The van der Waals surface area contributed by atoms with Crippen LogP contribution in [0.15, 0.2) is 41.3 Å². The highest BCUT2D eigenvalue weighted by Crippen LogP contribution is 2.46. The number of nitrogens with zero attached hydrogens (tertiary/aromatic N) is 1. The fraction of sp³-hybridized carbons (Fsp3) is 0.600. The van der Waals surface area contributed by atoms with Gasteiger partial charge < -0.3 is 4.43 Å². The van der Waals surface area contributed by atoms with Crippen LogP contribution >= 0.6 is 0 Å². The fourth-order valence-electron chi connectivity index (χ4n) is 3.62. The van der Waals surface area contributed by atoms with E-state index in [0.29, 0.717) is 11.4 Å². The molecule has 2 bridgehead atoms. The van der Waals surface area contributed by atoms with Crippen LogP contribution in [0.1, 0.15) is 39.2 Å². The van der Waals surface area contributed by atoms with Gasteiger partial charge in [-0.15, -0.1) is 0 Å². The number of hydrogen-bond donors (Lipinski definition) is 0. The van der Waals surface area contributed by atoms with Gasteiger partial charge in [0, 0.05) is 12.6 Å². The van der Waals surface area contributed by atoms with Crippen LogP contribution in [0.5, 0.6) is 0 Å². The van der Waals surface area contributed by atoms with E-state index in [1.165, 1.54) is 0 Å². The Bertz CT molecular complexity index is 808. The summed E-state index contributed by atoms with van der Waals surface area (Å²) in [6.45, 7) is 13.5. The van der Waals surface area contributed by atoms with Gasteiger partial charge in [-0.1, -0.05) is 50.6 Å². The molecular formula is C20H31NO3SSi. The largest absolute Gasteiger partial charge is 0.407 e. The Labute approximate surface area is 159 Å². The lowest BCUT2D eigenvalue weighted by Crippen LogP contribution is -2.50. The lowest BCUT2D eigenvalue weighted by molar-refractivity contribution is 0.114. The third-order valence-electron chi connectivity index (χ3n) is 6.13. The Morgan fingerprint density at radius 2 is 1.81 bits per heavy atom. The van der Waals surface area contributed by atoms with Crippen LogP contribution < -0.4 is 0 Å². The van der Waals surface area contributed by atoms with Gasteiger partial charge in [0.15, 0.2) is 8.32 Å². The van der Waals surface area contributed by atoms with E-state index in [0.717, 1.165) is 18.4 Å². The highest BCUT2D eigenvalue weighted by molar-refractivity contribution is 7.89. The minimum absolute atomic E-state index is 0.0175. The van der Waals surface area contributed by atoms with Crippen LogP contribution in [0.2, 0.25) is 18.1 Å². The van der Waals surface area contributed by atoms with Crippen molar-refractivity contribution in [2.24, 2.45) is 0 Å². The average Bonchev–Trinajstić information content (AvgIpc) is 2.77. The normalized spacial score (nSPS) is 27.1. The standard InChI is InChI=1S/C20H31NO3SSi/c1-16-9-11-18(12-10-16)25(22,23)21-15-20(13-7-8-17(21)14-20)24-26(5,6)19(2,3)4/h7,9-13,17H,8,14-15H2,1-6H3/t17-,20-/m1/s1. The van der Waals surface area contributed by atoms with Crippen molar-refractivity contribution >= 4 is 18.3 Å². The van der Waals surface area contributed by atoms with E-state index in [4.69, 9.17) is 4.43 Å². The van der Waals surface area contributed by atoms with Crippen molar-refractivity contribution < 1.29 is 12.8 Å². The van der Waals surface area contributed by atoms with Gasteiger partial charge in [-0.2, -0.15) is 4.31 Å². The van der Waals surface area contributed by atoms with Gasteiger partial charge in [0.2, 0.25) is 10.0 Å². The van der Waals surface area contributed by atoms with Gasteiger partial charge >= 0.3 is 0 Å². The second-order valence-corrected chi connectivity index (χ2v) is 15.9. The van der Waals surface area contributed by atoms with Gasteiger partial charge in [0.05, 0.1) is 10.5 Å². The number of hydrogen-bond acceptors (Lipinski definition) is 3. The molecule has 0 amide bonds. The predicted molar refractivity (Wildman–Crippen MR) is 108 cm³/mol. The summed E-state index contributed by atoms with van der Waals surface area (Å²) in [5.74, 6) is 0. The van der Waals surface area contributed by atoms with Gasteiger partial charge in [-0.3, -0.25) is 0 Å². The smallest absolute Gasteiger partial charge is 0.243 e. The summed E-state index contributed by atoms with van der Waals surface area (Å²) in [5.41, 5.74) is 0.576. The monoisotopic (exact) mass is 393 g/mol. The third kappa shape index (κ3) is 3.44. The molecule has 1 aliphatic heterocycles. The summed E-state index contributed by atoms with van der Waals surface area (Å²) < 4.78 is 34.9. The summed E-state index contributed by atoms with van der Waals surface area (Å²) >= 11 is 0. The minimum atomic E-state index is -3.51. The molecular weight excluding hydrogens is 362 g/mol. The SMILES string of the molecule is Cc1ccc(S(=O)(=O)N2C[C@@]3(O[Si](C)(C)C(C)(C)C)C=CC[C@@H]2C3)cc1. The summed E-state index contributed by atoms with van der Waals surface area (Å²) in [6.07, 6.45) is 5.73. The lowest BCUT2D eigenvalue weighted by Gasteiger charge is -2.43. The molecule has 1 fully saturated rings. The number of rotatable bonds is 4. The molecule has 0 N–H and O–H groups in total. The highest BCUT2D eigenvalue weighted by atomic mass is 32.2. The maximum Gasteiger partial charge on any atom is 0.243 e. The van der Waals surface area contributed by atoms with E-state index in [-0.39, 0.29) is 11.1 Å². The van der Waals surface area contributed by atoms with Crippen LogP contribution in [0.3, 0.4) is 0 Å². The summed E-state index contributed by atoms with van der Waals surface area (Å²) in [6, 6.07) is 7.12. The topological polar surface area (TPSA) is 46.6 Å². The Morgan fingerprint density at radius 1 is 1.19 bits per heavy atom. The molecule has 4 nitrogen and oxygen atoms in total. The molecule has 1 aromatic carbocycles. The molecule has 1 heterocycles. The van der Waals surface area contributed by atoms with Crippen molar-refractivity contribution in [2.75, 3.05) is 6.54 Å². The van der Waals surface area contributed by atoms with E-state index >= 15 is 0 Å². The molecule has 1 aliphatic carbocycles. The summed E-state index contributed by atoms with van der Waals surface area (Å²) in [5, 5.41) is 0.0891. The second-order valence-electron chi connectivity index (χ2n) is 9.29. The molecule has 0 saturated carbocycles. The Balaban J connectivity index is 1.91. The molecule has 1 aromatic rings. The zero-order chi connectivity index (χ0) is 19.4. The van der Waals surface area contributed by atoms with E-state index < -0.39 is 23.9 Å². The quantitative estimate of drug-likeness (QED) is 0.560. The van der Waals surface area contributed by atoms with Crippen molar-refractivity contribution in [3.05, 3.63) is 42.0 Å². The lowest BCUT2D eigenvalue weighted by atomic mass is 9.93. The van der Waals surface area contributed by atoms with E-state index in [1.807, 2.05) is 19.1 Å². The van der Waals surface area contributed by atoms with Crippen molar-refractivity contribution in [1.29, 1.82) is 0 Å². The number of aryl methyl sites for hydroxylation is 1. The van der Waals surface area contributed by atoms with E-state index in [9.17, 15) is 8.42 Å². The van der Waals surface area contributed by atoms with Crippen molar-refractivity contribution in [1.82, 2.24) is 4.31 Å². The first-order valence-electron chi connectivity index (χ1n) is 9.33. The first-order valence-corrected chi connectivity index (χ1v) is 13.7. The molecule has 0 spiro atoms. The minimum Gasteiger partial charge on any atom is -0.407 e. The molecule has 26 heavy (non-hydrogen) atoms. The Hall–Kier alpha value is -0.953. The van der Waals surface area contributed by atoms with Gasteiger partial charge in [0.1, 0.15) is 0 Å². The molecule has 144 valence electrons. The first-order chi connectivity index (χ1) is 11.9. The maximum atomic E-state index is 13.2. The first kappa shape index (κ1) is 19.8. The zero-order valence-corrected chi connectivity index (χ0v) is 18.6. The van der Waals surface area contributed by atoms with Gasteiger partial charge in [0.25, 0.3) is 0 Å². The van der Waals surface area contributed by atoms with E-state index in [2.05, 4.69) is 46.0 Å². The van der Waals surface area contributed by atoms with Crippen LogP contribution in [0.25, 0.3) is 0 Å². The fourth-order valence-corrected chi connectivity index (χ4v) is 6.85. The number of benzene rings is 1. The predicted octanol–water partition coefficient (Wildman–Crippen LogP) is 4.48. The zero-order valence-electron chi connectivity index (χ0n) is 16.7. The molecule has 3 rings (SSSR count). The number of fused-ring (bicyclic) bond motifs is 2. The van der Waals surface area contributed by atoms with Gasteiger partial charge in [-0.25, -0.2) is 8.42 Å². The van der Waals surface area contributed by atoms with Crippen LogP contribution in [0.4, 0.5) is 0 Å². The second kappa shape index (κ2) is 6.29. The summed E-state index contributed by atoms with van der Waals surface area (Å²) in [4.78, 5) is 0.373. The highest BCUT2D eigenvalue weighted by Gasteiger charge is 2.53. The van der Waals surface area contributed by atoms with Crippen LogP contribution in [-0.4, -0.2) is 39.2 Å². The van der Waals surface area contributed by atoms with Gasteiger partial charge in [-0.05, 0) is 50.0 Å². The Kier molecular flexibility index (Phi) is 4.79. The molecule has 6 heteroatoms. The number of sulfonamides is 1. The van der Waals surface area contributed by atoms with E-state index in [1.54, 1.807) is 16.4 Å². The van der Waals surface area contributed by atoms with Crippen molar-refractivity contribution in [2.45, 2.75) is 75.2 Å². The third-order valence-corrected chi connectivity index (χ3v) is 12.6. The van der Waals surface area contributed by atoms with Crippen LogP contribution in [0, 0.1) is 6.92 Å². The molecule has 1 saturated heterocycles.